The number of unbranched alkanes of at least 4 members (excludes halogenated alkanes) is 12. The van der Waals surface area contributed by atoms with Gasteiger partial charge in [-0.15, -0.1) is 15.2 Å². The van der Waals surface area contributed by atoms with Crippen LogP contribution in [-0.4, -0.2) is 302 Å². The summed E-state index contributed by atoms with van der Waals surface area (Å²) in [5.74, 6) is -5.93. The van der Waals surface area contributed by atoms with Gasteiger partial charge in [-0.2, -0.15) is 0 Å². The molecule has 3 heterocycles. The number of nitrogens with zero attached hydrogens (tertiary/aromatic N) is 3. The normalized spacial score (nSPS) is 13.6. The molecule has 39 nitrogen and oxygen atoms in total. The van der Waals surface area contributed by atoms with Crippen molar-refractivity contribution in [3.05, 3.63) is 0 Å². The Kier molecular flexibility index (Phi) is 60.1. The molecule has 0 aromatic heterocycles. The van der Waals surface area contributed by atoms with Crippen molar-refractivity contribution in [1.29, 1.82) is 0 Å². The monoisotopic (exact) mass is 1660 g/mol. The molecule has 0 bridgehead atoms. The fourth-order valence-corrected chi connectivity index (χ4v) is 10.9. The van der Waals surface area contributed by atoms with Gasteiger partial charge in [0.25, 0.3) is 35.4 Å². The molecule has 39 heteroatoms. The smallest absolute Gasteiger partial charge is 0.333 e. The quantitative estimate of drug-likeness (QED) is 0.0375. The Hall–Kier alpha value is -7.83. The van der Waals surface area contributed by atoms with E-state index < -0.39 is 58.8 Å². The predicted molar refractivity (Wildman–Crippen MR) is 408 cm³/mol. The maximum atomic E-state index is 12.6. The molecule has 3 fully saturated rings. The third-order valence-electron chi connectivity index (χ3n) is 17.4. The number of ether oxygens (including phenoxy) is 12. The third-order valence-corrected chi connectivity index (χ3v) is 17.4. The first-order chi connectivity index (χ1) is 56.2. The lowest BCUT2D eigenvalue weighted by Crippen LogP contribution is -2.36. The van der Waals surface area contributed by atoms with Crippen molar-refractivity contribution >= 4 is 88.8 Å². The minimum atomic E-state index is -0.729. The average Bonchev–Trinajstić information content (AvgIpc) is 1.74. The Balaban J connectivity index is 1.18. The summed E-state index contributed by atoms with van der Waals surface area (Å²) in [5, 5.41) is 18.6. The Morgan fingerprint density at radius 2 is 0.414 bits per heavy atom. The number of carbonyl (C=O) groups excluding carboxylic acids is 15. The molecule has 0 spiro atoms. The highest BCUT2D eigenvalue weighted by atomic mass is 16.7. The molecule has 0 aromatic carbocycles. The molecule has 0 saturated carbocycles. The Morgan fingerprint density at radius 3 is 0.647 bits per heavy atom. The summed E-state index contributed by atoms with van der Waals surface area (Å²) in [5.41, 5.74) is -0.729. The number of hydroxylamine groups is 6. The van der Waals surface area contributed by atoms with Gasteiger partial charge in [-0.25, -0.2) is 14.4 Å². The number of amides is 12. The van der Waals surface area contributed by atoms with Crippen molar-refractivity contribution in [1.82, 2.24) is 47.1 Å². The number of carbonyl (C=O) groups is 15. The van der Waals surface area contributed by atoms with Gasteiger partial charge in [-0.1, -0.05) is 64.7 Å². The zero-order chi connectivity index (χ0) is 84.2. The molecule has 6 N–H and O–H groups in total. The summed E-state index contributed by atoms with van der Waals surface area (Å²) in [7, 11) is 0. The lowest BCUT2D eigenvalue weighted by molar-refractivity contribution is -0.197. The van der Waals surface area contributed by atoms with Crippen LogP contribution in [0.4, 0.5) is 0 Å². The Morgan fingerprint density at radius 1 is 0.233 bits per heavy atom. The van der Waals surface area contributed by atoms with Crippen LogP contribution in [-0.2, 0) is 143 Å². The number of hydrogen-bond acceptors (Lipinski definition) is 30. The fourth-order valence-electron chi connectivity index (χ4n) is 10.9. The van der Waals surface area contributed by atoms with Gasteiger partial charge in [0.05, 0.1) is 159 Å². The molecular weight excluding hydrogens is 1530 g/mol. The van der Waals surface area contributed by atoms with Gasteiger partial charge < -0.3 is 103 Å². The van der Waals surface area contributed by atoms with Crippen molar-refractivity contribution in [3.8, 4) is 0 Å². The molecule has 3 rings (SSSR count). The highest BCUT2D eigenvalue weighted by Crippen LogP contribution is 2.21. The molecule has 3 aliphatic rings. The molecular formula is C77H129N9O30. The second kappa shape index (κ2) is 68.1. The second-order valence-corrected chi connectivity index (χ2v) is 27.8. The summed E-state index contributed by atoms with van der Waals surface area (Å²) in [6.45, 7) is 10.1. The van der Waals surface area contributed by atoms with E-state index in [1.54, 1.807) is 0 Å². The van der Waals surface area contributed by atoms with Crippen molar-refractivity contribution < 1.29 is 143 Å². The van der Waals surface area contributed by atoms with Crippen LogP contribution in [0.2, 0.25) is 0 Å². The standard InChI is InChI=1S/C77H129N9O30/c1-77(59-111-41-29-65(90)81-35-44-105-50-56-108-53-47-102-38-26-62(87)78-32-14-8-2-5-11-17-74(99)114-84-68(93)20-21-69(84)94,60-112-42-30-66(91)82-36-45-106-51-57-109-54-48-103-39-27-63(88)79-33-15-9-3-6-12-18-75(100)115-85-70(95)22-23-71(85)96)61-113-43-31-67(92)83-37-46-107-52-58-110-55-49-104-40-28-64(89)80-34-16-10-4-7-13-19-76(101)116-86-72(97)24-25-73(86)98/h2-61H2,1H3,(H,78,87)(H,79,88)(H,80,89)(H,81,90)(H,82,91)(H,83,92). The number of imide groups is 3. The van der Waals surface area contributed by atoms with Gasteiger partial charge in [0.2, 0.25) is 35.4 Å². The summed E-state index contributed by atoms with van der Waals surface area (Å²) >= 11 is 0. The molecule has 0 atom stereocenters. The van der Waals surface area contributed by atoms with E-state index in [0.29, 0.717) is 133 Å². The zero-order valence-corrected chi connectivity index (χ0v) is 68.0. The summed E-state index contributed by atoms with van der Waals surface area (Å²) in [4.78, 5) is 194. The number of hydrogen-bond donors (Lipinski definition) is 6. The number of rotatable bonds is 78. The van der Waals surface area contributed by atoms with Gasteiger partial charge in [0.15, 0.2) is 0 Å². The zero-order valence-electron chi connectivity index (χ0n) is 68.0. The molecule has 662 valence electrons. The molecule has 3 saturated heterocycles. The lowest BCUT2D eigenvalue weighted by Gasteiger charge is -2.29. The summed E-state index contributed by atoms with van der Waals surface area (Å²) < 4.78 is 67.6. The predicted octanol–water partition coefficient (Wildman–Crippen LogP) is 2.07. The van der Waals surface area contributed by atoms with E-state index in [4.69, 9.17) is 71.4 Å². The van der Waals surface area contributed by atoms with Crippen LogP contribution in [0.5, 0.6) is 0 Å². The maximum Gasteiger partial charge on any atom is 0.333 e. The molecule has 3 aliphatic heterocycles. The van der Waals surface area contributed by atoms with Crippen molar-refractivity contribution in [3.63, 3.8) is 0 Å². The highest BCUT2D eigenvalue weighted by Gasteiger charge is 2.35. The first-order valence-corrected chi connectivity index (χ1v) is 41.0. The third kappa shape index (κ3) is 55.7. The highest BCUT2D eigenvalue weighted by molar-refractivity contribution is 6.03. The minimum Gasteiger partial charge on any atom is -0.380 e. The Bertz CT molecular complexity index is 2540. The van der Waals surface area contributed by atoms with Gasteiger partial charge >= 0.3 is 17.9 Å². The van der Waals surface area contributed by atoms with Crippen LogP contribution < -0.4 is 31.9 Å². The largest absolute Gasteiger partial charge is 0.380 e. The van der Waals surface area contributed by atoms with Gasteiger partial charge in [0, 0.05) is 141 Å². The SMILES string of the molecule is CC(COCCC(=O)NCCOCCOCCOCCC(=O)NCCCCCCCC(=O)ON1C(=O)CCC1=O)(COCCC(=O)NCCOCCOCCOCCC(=O)NCCCCCCCC(=O)ON1C(=O)CCC1=O)COCCC(=O)NCCOCCOCCOCCC(=O)NCCCCCCCC(=O)ON1C(=O)CCC1=O. The van der Waals surface area contributed by atoms with Crippen molar-refractivity contribution in [2.45, 2.75) is 200 Å². The van der Waals surface area contributed by atoms with Crippen LogP contribution >= 0.6 is 0 Å². The van der Waals surface area contributed by atoms with Gasteiger partial charge in [0.1, 0.15) is 0 Å². The van der Waals surface area contributed by atoms with Gasteiger partial charge in [-0.05, 0) is 38.5 Å². The van der Waals surface area contributed by atoms with Crippen LogP contribution in [0.15, 0.2) is 0 Å². The van der Waals surface area contributed by atoms with E-state index in [0.717, 1.165) is 77.0 Å². The summed E-state index contributed by atoms with van der Waals surface area (Å²) in [6.07, 6.45) is 13.0. The van der Waals surface area contributed by atoms with E-state index in [-0.39, 0.29) is 231 Å². The second-order valence-electron chi connectivity index (χ2n) is 27.8. The van der Waals surface area contributed by atoms with E-state index in [1.165, 1.54) is 0 Å². The van der Waals surface area contributed by atoms with Crippen LogP contribution in [0.3, 0.4) is 0 Å². The first kappa shape index (κ1) is 102. The molecule has 116 heavy (non-hydrogen) atoms. The van der Waals surface area contributed by atoms with Crippen LogP contribution in [0.25, 0.3) is 0 Å². The fraction of sp³-hybridized carbons (Fsp3) is 0.805. The van der Waals surface area contributed by atoms with E-state index in [1.807, 2.05) is 6.92 Å². The Labute approximate surface area is 679 Å². The van der Waals surface area contributed by atoms with E-state index >= 15 is 0 Å². The molecule has 12 amide bonds. The minimum absolute atomic E-state index is 0.0525. The van der Waals surface area contributed by atoms with Gasteiger partial charge in [-0.3, -0.25) is 57.5 Å². The molecule has 0 unspecified atom stereocenters. The van der Waals surface area contributed by atoms with Crippen molar-refractivity contribution in [2.24, 2.45) is 5.41 Å². The lowest BCUT2D eigenvalue weighted by atomic mass is 9.94. The maximum absolute atomic E-state index is 12.6. The van der Waals surface area contributed by atoms with E-state index in [2.05, 4.69) is 31.9 Å². The summed E-state index contributed by atoms with van der Waals surface area (Å²) in [6, 6.07) is 0. The van der Waals surface area contributed by atoms with Crippen LogP contribution in [0, 0.1) is 5.41 Å². The van der Waals surface area contributed by atoms with E-state index in [9.17, 15) is 71.9 Å². The molecule has 0 aromatic rings. The number of nitrogens with one attached hydrogen (secondary N) is 6. The van der Waals surface area contributed by atoms with Crippen LogP contribution in [0.1, 0.15) is 200 Å². The molecule has 0 aliphatic carbocycles. The van der Waals surface area contributed by atoms with Crippen molar-refractivity contribution in [2.75, 3.05) is 198 Å². The molecule has 0 radical (unpaired) electrons. The first-order valence-electron chi connectivity index (χ1n) is 41.0. The average molecular weight is 1660 g/mol. The topological polar surface area (TPSA) is 476 Å².